The van der Waals surface area contributed by atoms with Gasteiger partial charge in [-0.25, -0.2) is 92.8 Å². The van der Waals surface area contributed by atoms with Gasteiger partial charge in [0, 0.05) is 50.4 Å². The Morgan fingerprint density at radius 1 is 0.321 bits per heavy atom. The molecule has 8 bridgehead atoms. The number of H-pyrrole nitrogens is 2. The molecule has 0 saturated carbocycles. The van der Waals surface area contributed by atoms with E-state index in [9.17, 15) is 17.6 Å². The van der Waals surface area contributed by atoms with Gasteiger partial charge in [-0.05, 0) is 90.7 Å². The lowest BCUT2D eigenvalue weighted by Gasteiger charge is -2.21. The third-order valence-corrected chi connectivity index (χ3v) is 13.6. The fourth-order valence-corrected chi connectivity index (χ4v) is 10.0. The average molecular weight is 1110 g/mol. The number of hydrogen-bond acceptors (Lipinski definition) is 2. The number of benzene rings is 4. The Bertz CT molecular complexity index is 3810. The maximum absolute atomic E-state index is 16.6. The van der Waals surface area contributed by atoms with Crippen molar-refractivity contribution >= 4 is 45.4 Å². The summed E-state index contributed by atoms with van der Waals surface area (Å²) in [6.07, 6.45) is 7.83. The van der Waals surface area contributed by atoms with Crippen LogP contribution in [0.5, 0.6) is 0 Å². The summed E-state index contributed by atoms with van der Waals surface area (Å²) < 4.78 is 313. The summed E-state index contributed by atoms with van der Waals surface area (Å²) in [5, 5.41) is 0. The first-order chi connectivity index (χ1) is 37.0. The first-order valence-corrected chi connectivity index (χ1v) is 22.6. The summed E-state index contributed by atoms with van der Waals surface area (Å²) in [6.45, 7) is 0.874. The molecule has 24 heteroatoms. The second-order valence-corrected chi connectivity index (χ2v) is 17.8. The largest absolute Gasteiger partial charge is 0.354 e. The number of fused-ring (bicyclic) bond motifs is 10. The number of allylic oxidation sites excluding steroid dienone is 4. The molecule has 2 N–H and O–H groups in total. The van der Waals surface area contributed by atoms with E-state index < -0.39 is 223 Å². The lowest BCUT2D eigenvalue weighted by Crippen LogP contribution is -2.29. The van der Waals surface area contributed by atoms with E-state index in [2.05, 4.69) is 15.0 Å². The Morgan fingerprint density at radius 3 is 0.872 bits per heavy atom. The first-order valence-electron chi connectivity index (χ1n) is 22.6. The molecule has 7 aromatic rings. The number of hydrogen-bond donors (Lipinski definition) is 2. The Kier molecular flexibility index (Phi) is 12.4. The number of aromatic nitrogens is 3. The zero-order valence-electron chi connectivity index (χ0n) is 38.2. The Balaban J connectivity index is 1.45. The molecule has 0 spiro atoms. The summed E-state index contributed by atoms with van der Waals surface area (Å²) in [4.78, 5) is 10.7. The van der Waals surface area contributed by atoms with Crippen molar-refractivity contribution in [1.82, 2.24) is 19.9 Å². The predicted octanol–water partition coefficient (Wildman–Crippen LogP) is 16.0. The van der Waals surface area contributed by atoms with Crippen LogP contribution in [0.25, 0.3) is 89.9 Å². The molecule has 0 atom stereocenters. The molecule has 0 amide bonds. The quantitative estimate of drug-likeness (QED) is 0.102. The minimum atomic E-state index is -2.71. The molecule has 2 aliphatic carbocycles. The molecule has 2 aliphatic heterocycles. The Labute approximate surface area is 422 Å². The van der Waals surface area contributed by atoms with E-state index >= 15 is 70.2 Å². The number of nitrogens with zero attached hydrogens (tertiary/aromatic N) is 2. The maximum atomic E-state index is 16.6. The number of likely N-dealkylation sites (tertiary alicyclic amines) is 1. The maximum Gasteiger partial charge on any atom is 0.200 e. The molecule has 5 heterocycles. The third-order valence-electron chi connectivity index (χ3n) is 13.6. The van der Waals surface area contributed by atoms with Crippen LogP contribution < -0.4 is 0 Å². The van der Waals surface area contributed by atoms with Gasteiger partial charge in [-0.2, -0.15) is 0 Å². The summed E-state index contributed by atoms with van der Waals surface area (Å²) in [5.41, 5.74) is -20.0. The zero-order valence-corrected chi connectivity index (χ0v) is 38.2. The van der Waals surface area contributed by atoms with Crippen molar-refractivity contribution < 1.29 is 87.8 Å². The van der Waals surface area contributed by atoms with E-state index in [0.29, 0.717) is 50.2 Å². The molecule has 4 aliphatic rings. The average Bonchev–Trinajstić information content (AvgIpc) is 4.49. The molecule has 0 radical (unpaired) electrons. The van der Waals surface area contributed by atoms with Crippen LogP contribution >= 0.6 is 0 Å². The molecule has 78 heavy (non-hydrogen) atoms. The van der Waals surface area contributed by atoms with Crippen molar-refractivity contribution in [3.8, 4) is 44.5 Å². The van der Waals surface area contributed by atoms with Gasteiger partial charge in [-0.15, -0.1) is 0 Å². The van der Waals surface area contributed by atoms with Gasteiger partial charge >= 0.3 is 0 Å². The lowest BCUT2D eigenvalue weighted by molar-refractivity contribution is 0.323. The van der Waals surface area contributed by atoms with Gasteiger partial charge in [0.2, 0.25) is 23.3 Å². The standard InChI is InChI=1S/C54H22F20N4/c55-35-31(36(56)44(64)51(71)43(35)63)27-19-15-20(18-6-4-16(3-5-17(18)19)78-13-1-2-14-78)28(32-37(57)45(65)52(72)46(66)38(32)58)22-8-10-24(76-22)30(34-41(61)49(69)54(74)50(70)42(34)62)26-12-11-25(77-26)29(23-9-7-21(27)75-23)33-39(59)47(67)53(73)48(68)40(33)60/h3-12,15-16,75-76H,1-2,13-14H2. The van der Waals surface area contributed by atoms with Gasteiger partial charge in [0.1, 0.15) is 0 Å². The van der Waals surface area contributed by atoms with Crippen molar-refractivity contribution in [3.05, 3.63) is 193 Å². The van der Waals surface area contributed by atoms with E-state index in [1.165, 1.54) is 24.3 Å². The van der Waals surface area contributed by atoms with Crippen LogP contribution in [-0.4, -0.2) is 39.0 Å². The molecule has 398 valence electrons. The van der Waals surface area contributed by atoms with Crippen molar-refractivity contribution in [2.45, 2.75) is 18.9 Å². The topological polar surface area (TPSA) is 47.7 Å². The highest BCUT2D eigenvalue weighted by molar-refractivity contribution is 6.13. The van der Waals surface area contributed by atoms with E-state index in [1.807, 2.05) is 4.90 Å². The van der Waals surface area contributed by atoms with E-state index in [0.717, 1.165) is 18.2 Å². The van der Waals surface area contributed by atoms with Crippen molar-refractivity contribution in [1.29, 1.82) is 0 Å². The highest BCUT2D eigenvalue weighted by atomic mass is 19.2. The molecule has 1 saturated heterocycles. The fraction of sp³-hybridized carbons (Fsp3) is 0.0926. The summed E-state index contributed by atoms with van der Waals surface area (Å²) >= 11 is 0. The monoisotopic (exact) mass is 1110 g/mol. The molecule has 1 fully saturated rings. The summed E-state index contributed by atoms with van der Waals surface area (Å²) in [5.74, 6) is -52.2. The van der Waals surface area contributed by atoms with Gasteiger partial charge in [0.25, 0.3) is 0 Å². The van der Waals surface area contributed by atoms with Crippen molar-refractivity contribution in [2.75, 3.05) is 13.1 Å². The van der Waals surface area contributed by atoms with Gasteiger partial charge < -0.3 is 9.97 Å². The second-order valence-electron chi connectivity index (χ2n) is 17.8. The normalized spacial score (nSPS) is 14.7. The smallest absolute Gasteiger partial charge is 0.200 e. The molecule has 0 unspecified atom stereocenters. The van der Waals surface area contributed by atoms with Gasteiger partial charge in [0.05, 0.1) is 33.6 Å². The SMILES string of the molecule is Fc1c(F)c(F)c(-c2c3cc(c(-c4c(F)c(F)c(F)c(F)c4F)c4ccc([nH]4)c(-c4c(F)c(F)c(F)c(F)c4F)c4nc(c(-c5c(F)c(F)c(F)c(F)c5F)c5ccc2[nH]5)C=C4)C2=C3C=CC(N3CCCC3)C=C2)c(F)c1F. The molecule has 4 nitrogen and oxygen atoms in total. The van der Waals surface area contributed by atoms with Gasteiger partial charge in [-0.1, -0.05) is 24.3 Å². The molecular formula is C54H22F20N4. The van der Waals surface area contributed by atoms with Crippen molar-refractivity contribution in [2.24, 2.45) is 0 Å². The van der Waals surface area contributed by atoms with Crippen LogP contribution in [0, 0.1) is 116 Å². The molecule has 3 aromatic heterocycles. The Morgan fingerprint density at radius 2 is 0.577 bits per heavy atom. The van der Waals surface area contributed by atoms with E-state index in [-0.39, 0.29) is 0 Å². The van der Waals surface area contributed by atoms with E-state index in [4.69, 9.17) is 0 Å². The van der Waals surface area contributed by atoms with Crippen LogP contribution in [0.15, 0.2) is 54.6 Å². The van der Waals surface area contributed by atoms with Crippen LogP contribution in [0.2, 0.25) is 0 Å². The minimum absolute atomic E-state index is 0.393. The molecular weight excluding hydrogens is 1080 g/mol. The van der Waals surface area contributed by atoms with Crippen molar-refractivity contribution in [3.63, 3.8) is 0 Å². The van der Waals surface area contributed by atoms with Crippen LogP contribution in [-0.2, 0) is 0 Å². The van der Waals surface area contributed by atoms with Gasteiger partial charge in [0.15, 0.2) is 93.1 Å². The second kappa shape index (κ2) is 18.7. The third kappa shape index (κ3) is 7.52. The fourth-order valence-electron chi connectivity index (χ4n) is 10.0. The zero-order chi connectivity index (χ0) is 55.8. The number of nitrogens with one attached hydrogen (secondary N) is 2. The van der Waals surface area contributed by atoms with Gasteiger partial charge in [-0.3, -0.25) is 4.90 Å². The number of aromatic amines is 2. The highest BCUT2D eigenvalue weighted by Crippen LogP contribution is 2.50. The summed E-state index contributed by atoms with van der Waals surface area (Å²) in [7, 11) is 0. The number of halogens is 20. The first kappa shape index (κ1) is 51.7. The molecule has 11 rings (SSSR count). The Hall–Kier alpha value is -8.41. The van der Waals surface area contributed by atoms with Crippen LogP contribution in [0.4, 0.5) is 87.8 Å². The van der Waals surface area contributed by atoms with Crippen LogP contribution in [0.1, 0.15) is 35.4 Å². The minimum Gasteiger partial charge on any atom is -0.354 e. The van der Waals surface area contributed by atoms with E-state index in [1.54, 1.807) is 0 Å². The lowest BCUT2D eigenvalue weighted by atomic mass is 9.94. The van der Waals surface area contributed by atoms with Crippen LogP contribution in [0.3, 0.4) is 0 Å². The number of rotatable bonds is 5. The highest BCUT2D eigenvalue weighted by Gasteiger charge is 2.37. The molecule has 4 aromatic carbocycles. The summed E-state index contributed by atoms with van der Waals surface area (Å²) in [6, 6.07) is 2.80. The predicted molar refractivity (Wildman–Crippen MR) is 243 cm³/mol.